The number of nitrogens with one attached hydrogen (secondary N) is 1. The molecule has 7 heteroatoms. The average Bonchev–Trinajstić information content (AvgIpc) is 3.03. The molecule has 0 aliphatic rings. The van der Waals surface area contributed by atoms with E-state index in [1.807, 2.05) is 54.8 Å². The van der Waals surface area contributed by atoms with E-state index in [0.717, 1.165) is 20.1 Å². The Morgan fingerprint density at radius 2 is 2.04 bits per heavy atom. The first-order valence-corrected chi connectivity index (χ1v) is 10.2. The van der Waals surface area contributed by atoms with Gasteiger partial charge < -0.3 is 0 Å². The number of rotatable bonds is 6. The molecule has 0 fully saturated rings. The summed E-state index contributed by atoms with van der Waals surface area (Å²) in [6.45, 7) is 0. The fourth-order valence-corrected chi connectivity index (χ4v) is 4.21. The number of carbonyl (C=O) groups is 1. The number of aromatic nitrogens is 1. The molecule has 1 aromatic heterocycles. The van der Waals surface area contributed by atoms with Gasteiger partial charge in [-0.05, 0) is 36.1 Å². The van der Waals surface area contributed by atoms with Crippen molar-refractivity contribution in [3.63, 3.8) is 0 Å². The van der Waals surface area contributed by atoms with E-state index in [9.17, 15) is 4.79 Å². The van der Waals surface area contributed by atoms with Crippen molar-refractivity contribution >= 4 is 57.2 Å². The zero-order valence-electron chi connectivity index (χ0n) is 12.9. The van der Waals surface area contributed by atoms with Crippen LogP contribution in [0, 0.1) is 0 Å². The van der Waals surface area contributed by atoms with Crippen LogP contribution in [-0.4, -0.2) is 29.1 Å². The van der Waals surface area contributed by atoms with Crippen LogP contribution in [-0.2, 0) is 4.79 Å². The first-order valence-electron chi connectivity index (χ1n) is 7.19. The molecule has 1 amide bonds. The third-order valence-electron chi connectivity index (χ3n) is 3.12. The SMILES string of the molecule is CSc1ccc(/C=N\NC(=O)CSc2nc3ccccc3s2)cc1. The molecule has 0 saturated heterocycles. The quantitative estimate of drug-likeness (QED) is 0.398. The highest BCUT2D eigenvalue weighted by atomic mass is 32.2. The molecule has 24 heavy (non-hydrogen) atoms. The summed E-state index contributed by atoms with van der Waals surface area (Å²) in [5.74, 6) is 0.152. The van der Waals surface area contributed by atoms with Crippen molar-refractivity contribution in [3.05, 3.63) is 54.1 Å². The minimum atomic E-state index is -0.142. The Hall–Kier alpha value is -1.83. The number of thiazole rings is 1. The van der Waals surface area contributed by atoms with E-state index in [-0.39, 0.29) is 5.91 Å². The van der Waals surface area contributed by atoms with Crippen LogP contribution in [0.1, 0.15) is 5.56 Å². The second-order valence-electron chi connectivity index (χ2n) is 4.80. The van der Waals surface area contributed by atoms with Gasteiger partial charge in [-0.1, -0.05) is 36.0 Å². The van der Waals surface area contributed by atoms with E-state index < -0.39 is 0 Å². The highest BCUT2D eigenvalue weighted by molar-refractivity contribution is 8.01. The van der Waals surface area contributed by atoms with Crippen LogP contribution in [0.5, 0.6) is 0 Å². The van der Waals surface area contributed by atoms with Gasteiger partial charge in [0.2, 0.25) is 0 Å². The van der Waals surface area contributed by atoms with Gasteiger partial charge in [-0.25, -0.2) is 10.4 Å². The molecular weight excluding hydrogens is 358 g/mol. The molecule has 0 radical (unpaired) electrons. The summed E-state index contributed by atoms with van der Waals surface area (Å²) >= 11 is 4.71. The Morgan fingerprint density at radius 1 is 1.25 bits per heavy atom. The predicted molar refractivity (Wildman–Crippen MR) is 104 cm³/mol. The minimum Gasteiger partial charge on any atom is -0.272 e. The fraction of sp³-hybridized carbons (Fsp3) is 0.118. The van der Waals surface area contributed by atoms with E-state index in [0.29, 0.717) is 5.75 Å². The molecular formula is C17H15N3OS3. The number of nitrogens with zero attached hydrogens (tertiary/aromatic N) is 2. The second kappa shape index (κ2) is 8.32. The standard InChI is InChI=1S/C17H15N3OS3/c1-22-13-8-6-12(7-9-13)10-18-20-16(21)11-23-17-19-14-4-2-3-5-15(14)24-17/h2-10H,11H2,1H3,(H,20,21)/b18-10-. The lowest BCUT2D eigenvalue weighted by Gasteiger charge is -1.98. The van der Waals surface area contributed by atoms with E-state index in [2.05, 4.69) is 15.5 Å². The zero-order chi connectivity index (χ0) is 16.8. The van der Waals surface area contributed by atoms with E-state index in [1.165, 1.54) is 16.7 Å². The first kappa shape index (κ1) is 17.0. The van der Waals surface area contributed by atoms with Crippen molar-refractivity contribution in [1.29, 1.82) is 0 Å². The highest BCUT2D eigenvalue weighted by Crippen LogP contribution is 2.28. The minimum absolute atomic E-state index is 0.142. The molecule has 0 aliphatic heterocycles. The molecule has 122 valence electrons. The second-order valence-corrected chi connectivity index (χ2v) is 7.94. The molecule has 0 unspecified atom stereocenters. The molecule has 4 nitrogen and oxygen atoms in total. The Labute approximate surface area is 152 Å². The summed E-state index contributed by atoms with van der Waals surface area (Å²) in [5.41, 5.74) is 4.47. The van der Waals surface area contributed by atoms with Gasteiger partial charge in [-0.3, -0.25) is 4.79 Å². The summed E-state index contributed by atoms with van der Waals surface area (Å²) < 4.78 is 2.02. The van der Waals surface area contributed by atoms with Crippen molar-refractivity contribution in [2.75, 3.05) is 12.0 Å². The maximum atomic E-state index is 11.9. The topological polar surface area (TPSA) is 54.4 Å². The maximum absolute atomic E-state index is 11.9. The summed E-state index contributed by atoms with van der Waals surface area (Å²) in [7, 11) is 0. The average molecular weight is 374 g/mol. The van der Waals surface area contributed by atoms with Gasteiger partial charge in [0.05, 0.1) is 22.2 Å². The smallest absolute Gasteiger partial charge is 0.250 e. The van der Waals surface area contributed by atoms with Crippen LogP contribution in [0.3, 0.4) is 0 Å². The van der Waals surface area contributed by atoms with Crippen molar-refractivity contribution < 1.29 is 4.79 Å². The van der Waals surface area contributed by atoms with Crippen molar-refractivity contribution in [1.82, 2.24) is 10.4 Å². The molecule has 1 N–H and O–H groups in total. The summed E-state index contributed by atoms with van der Waals surface area (Å²) in [6.07, 6.45) is 3.68. The van der Waals surface area contributed by atoms with Crippen LogP contribution >= 0.6 is 34.9 Å². The van der Waals surface area contributed by atoms with Gasteiger partial charge in [0, 0.05) is 4.90 Å². The number of benzene rings is 2. The Morgan fingerprint density at radius 3 is 2.79 bits per heavy atom. The van der Waals surface area contributed by atoms with Gasteiger partial charge in [0.15, 0.2) is 4.34 Å². The first-order chi connectivity index (χ1) is 11.7. The summed E-state index contributed by atoms with van der Waals surface area (Å²) in [5, 5.41) is 3.99. The van der Waals surface area contributed by atoms with Crippen LogP contribution in [0.4, 0.5) is 0 Å². The van der Waals surface area contributed by atoms with Crippen molar-refractivity contribution in [2.24, 2.45) is 5.10 Å². The Balaban J connectivity index is 1.49. The molecule has 0 atom stereocenters. The van der Waals surface area contributed by atoms with Crippen molar-refractivity contribution in [3.8, 4) is 0 Å². The molecule has 0 spiro atoms. The molecule has 1 heterocycles. The van der Waals surface area contributed by atoms with Gasteiger partial charge in [-0.2, -0.15) is 5.10 Å². The third kappa shape index (κ3) is 4.59. The van der Waals surface area contributed by atoms with Gasteiger partial charge >= 0.3 is 0 Å². The normalized spacial score (nSPS) is 11.2. The summed E-state index contributed by atoms with van der Waals surface area (Å²) in [4.78, 5) is 17.5. The van der Waals surface area contributed by atoms with Gasteiger partial charge in [0.25, 0.3) is 5.91 Å². The maximum Gasteiger partial charge on any atom is 0.250 e. The highest BCUT2D eigenvalue weighted by Gasteiger charge is 2.06. The number of hydrogen-bond donors (Lipinski definition) is 1. The lowest BCUT2D eigenvalue weighted by molar-refractivity contribution is -0.118. The van der Waals surface area contributed by atoms with Crippen LogP contribution in [0.15, 0.2) is 62.9 Å². The lowest BCUT2D eigenvalue weighted by atomic mass is 10.2. The molecule has 0 aliphatic carbocycles. The Bertz CT molecular complexity index is 826. The predicted octanol–water partition coefficient (Wildman–Crippen LogP) is 4.26. The van der Waals surface area contributed by atoms with E-state index >= 15 is 0 Å². The van der Waals surface area contributed by atoms with Gasteiger partial charge in [-0.15, -0.1) is 23.1 Å². The number of hydrazone groups is 1. The fourth-order valence-electron chi connectivity index (χ4n) is 1.94. The lowest BCUT2D eigenvalue weighted by Crippen LogP contribution is -2.19. The molecule has 0 saturated carbocycles. The number of carbonyl (C=O) groups excluding carboxylic acids is 1. The third-order valence-corrected chi connectivity index (χ3v) is 6.04. The van der Waals surface area contributed by atoms with Crippen LogP contribution in [0.2, 0.25) is 0 Å². The number of amides is 1. The largest absolute Gasteiger partial charge is 0.272 e. The summed E-state index contributed by atoms with van der Waals surface area (Å²) in [6, 6.07) is 15.9. The van der Waals surface area contributed by atoms with E-state index in [4.69, 9.17) is 0 Å². The van der Waals surface area contributed by atoms with Gasteiger partial charge in [0.1, 0.15) is 0 Å². The molecule has 0 bridgehead atoms. The molecule has 3 aromatic rings. The monoisotopic (exact) mass is 373 g/mol. The number of para-hydroxylation sites is 1. The number of thioether (sulfide) groups is 2. The van der Waals surface area contributed by atoms with Crippen molar-refractivity contribution in [2.45, 2.75) is 9.24 Å². The van der Waals surface area contributed by atoms with Crippen LogP contribution in [0.25, 0.3) is 10.2 Å². The number of hydrogen-bond acceptors (Lipinski definition) is 6. The zero-order valence-corrected chi connectivity index (χ0v) is 15.4. The molecule has 2 aromatic carbocycles. The van der Waals surface area contributed by atoms with Crippen LogP contribution < -0.4 is 5.43 Å². The molecule has 3 rings (SSSR count). The Kier molecular flexibility index (Phi) is 5.90. The van der Waals surface area contributed by atoms with E-state index in [1.54, 1.807) is 29.3 Å². The number of fused-ring (bicyclic) bond motifs is 1.